The van der Waals surface area contributed by atoms with Gasteiger partial charge in [-0.25, -0.2) is 9.50 Å². The maximum absolute atomic E-state index is 12.5. The summed E-state index contributed by atoms with van der Waals surface area (Å²) in [6.45, 7) is 5.93. The molecule has 0 aliphatic rings. The molecule has 0 bridgehead atoms. The first-order valence-corrected chi connectivity index (χ1v) is 10.8. The van der Waals surface area contributed by atoms with Gasteiger partial charge < -0.3 is 10.1 Å². The van der Waals surface area contributed by atoms with Gasteiger partial charge in [0.1, 0.15) is 5.75 Å². The first-order chi connectivity index (χ1) is 15.4. The fourth-order valence-electron chi connectivity index (χ4n) is 3.85. The minimum absolute atomic E-state index is 0.0928. The van der Waals surface area contributed by atoms with Crippen molar-refractivity contribution in [3.8, 4) is 17.0 Å². The van der Waals surface area contributed by atoms with Crippen LogP contribution >= 0.6 is 11.6 Å². The molecule has 32 heavy (non-hydrogen) atoms. The summed E-state index contributed by atoms with van der Waals surface area (Å²) >= 11 is 6.24. The summed E-state index contributed by atoms with van der Waals surface area (Å²) in [6, 6.07) is 15.3. The number of methoxy groups -OCH3 is 1. The molecule has 164 valence electrons. The second-order valence-electron chi connectivity index (χ2n) is 7.79. The fourth-order valence-corrected chi connectivity index (χ4v) is 4.13. The maximum Gasteiger partial charge on any atom is 0.224 e. The minimum atomic E-state index is -0.0928. The molecule has 0 aliphatic carbocycles. The van der Waals surface area contributed by atoms with Crippen molar-refractivity contribution in [3.05, 3.63) is 76.1 Å². The molecule has 6 nitrogen and oxygen atoms in total. The summed E-state index contributed by atoms with van der Waals surface area (Å²) in [5, 5.41) is 8.19. The largest absolute Gasteiger partial charge is 0.496 e. The van der Waals surface area contributed by atoms with Crippen molar-refractivity contribution >= 4 is 28.8 Å². The third kappa shape index (κ3) is 4.32. The van der Waals surface area contributed by atoms with E-state index in [-0.39, 0.29) is 5.91 Å². The van der Waals surface area contributed by atoms with Crippen LogP contribution in [0.25, 0.3) is 16.9 Å². The Bertz CT molecular complexity index is 1310. The third-order valence-electron chi connectivity index (χ3n) is 5.55. The normalized spacial score (nSPS) is 11.0. The van der Waals surface area contributed by atoms with Crippen LogP contribution in [0, 0.1) is 20.8 Å². The number of nitrogens with one attached hydrogen (secondary N) is 1. The number of halogens is 1. The second kappa shape index (κ2) is 9.01. The van der Waals surface area contributed by atoms with E-state index in [2.05, 4.69) is 5.32 Å². The van der Waals surface area contributed by atoms with Crippen LogP contribution in [0.3, 0.4) is 0 Å². The molecule has 0 aliphatic heterocycles. The number of aryl methyl sites for hydroxylation is 3. The average Bonchev–Trinajstić information content (AvgIpc) is 3.19. The number of fused-ring (bicyclic) bond motifs is 1. The van der Waals surface area contributed by atoms with Crippen LogP contribution in [-0.2, 0) is 11.2 Å². The number of ether oxygens (including phenoxy) is 1. The second-order valence-corrected chi connectivity index (χ2v) is 8.20. The number of hydrogen-bond acceptors (Lipinski definition) is 4. The van der Waals surface area contributed by atoms with E-state index in [1.807, 2.05) is 73.8 Å². The summed E-state index contributed by atoms with van der Waals surface area (Å²) in [5.74, 6) is 0.668. The van der Waals surface area contributed by atoms with Gasteiger partial charge in [0.25, 0.3) is 0 Å². The number of benzene rings is 2. The number of aromatic nitrogens is 3. The number of carbonyl (C=O) groups is 1. The van der Waals surface area contributed by atoms with Gasteiger partial charge in [-0.3, -0.25) is 4.79 Å². The van der Waals surface area contributed by atoms with Gasteiger partial charge >= 0.3 is 0 Å². The van der Waals surface area contributed by atoms with Gasteiger partial charge in [0.05, 0.1) is 23.5 Å². The number of nitrogens with zero attached hydrogens (tertiary/aromatic N) is 3. The number of hydrogen-bond donors (Lipinski definition) is 1. The number of carbonyl (C=O) groups excluding carboxylic acids is 1. The first kappa shape index (κ1) is 21.8. The van der Waals surface area contributed by atoms with Crippen molar-refractivity contribution in [3.63, 3.8) is 0 Å². The Kier molecular flexibility index (Phi) is 6.15. The van der Waals surface area contributed by atoms with E-state index in [1.54, 1.807) is 7.11 Å². The van der Waals surface area contributed by atoms with Crippen molar-refractivity contribution < 1.29 is 9.53 Å². The van der Waals surface area contributed by atoms with Crippen LogP contribution in [0.2, 0.25) is 5.02 Å². The first-order valence-electron chi connectivity index (χ1n) is 10.4. The van der Waals surface area contributed by atoms with E-state index in [4.69, 9.17) is 26.4 Å². The molecule has 0 fully saturated rings. The lowest BCUT2D eigenvalue weighted by molar-refractivity contribution is -0.116. The Hall–Kier alpha value is -3.38. The highest BCUT2D eigenvalue weighted by Crippen LogP contribution is 2.30. The van der Waals surface area contributed by atoms with Gasteiger partial charge in [-0.05, 0) is 62.6 Å². The lowest BCUT2D eigenvalue weighted by Crippen LogP contribution is -2.14. The summed E-state index contributed by atoms with van der Waals surface area (Å²) in [6.07, 6.45) is 0.874. The lowest BCUT2D eigenvalue weighted by atomic mass is 10.1. The van der Waals surface area contributed by atoms with Gasteiger partial charge in [0, 0.05) is 29.4 Å². The molecule has 4 aromatic rings. The average molecular weight is 449 g/mol. The molecule has 0 saturated heterocycles. The quantitative estimate of drug-likeness (QED) is 0.419. The van der Waals surface area contributed by atoms with Crippen LogP contribution < -0.4 is 10.1 Å². The molecule has 4 rings (SSSR count). The third-order valence-corrected chi connectivity index (χ3v) is 5.86. The molecular formula is C25H25ClN4O2. The van der Waals surface area contributed by atoms with Crippen molar-refractivity contribution in [2.24, 2.45) is 0 Å². The Morgan fingerprint density at radius 3 is 2.66 bits per heavy atom. The summed E-state index contributed by atoms with van der Waals surface area (Å²) in [4.78, 5) is 17.3. The number of amides is 1. The van der Waals surface area contributed by atoms with Gasteiger partial charge in [-0.1, -0.05) is 29.8 Å². The number of anilines is 1. The van der Waals surface area contributed by atoms with Crippen LogP contribution in [0.4, 0.5) is 5.69 Å². The van der Waals surface area contributed by atoms with Crippen molar-refractivity contribution in [2.45, 2.75) is 33.6 Å². The van der Waals surface area contributed by atoms with E-state index >= 15 is 0 Å². The highest BCUT2D eigenvalue weighted by atomic mass is 35.5. The number of para-hydroxylation sites is 1. The van der Waals surface area contributed by atoms with Crippen molar-refractivity contribution in [2.75, 3.05) is 12.4 Å². The Labute approximate surface area is 192 Å². The molecule has 2 aromatic carbocycles. The van der Waals surface area contributed by atoms with Crippen LogP contribution in [0.15, 0.2) is 48.5 Å². The molecule has 2 aromatic heterocycles. The van der Waals surface area contributed by atoms with E-state index in [0.29, 0.717) is 23.6 Å². The van der Waals surface area contributed by atoms with E-state index in [9.17, 15) is 4.79 Å². The van der Waals surface area contributed by atoms with E-state index in [1.165, 1.54) is 0 Å². The Balaban J connectivity index is 1.57. The molecule has 1 N–H and O–H groups in total. The molecule has 0 spiro atoms. The Morgan fingerprint density at radius 1 is 1.12 bits per heavy atom. The molecular weight excluding hydrogens is 424 g/mol. The predicted molar refractivity (Wildman–Crippen MR) is 128 cm³/mol. The van der Waals surface area contributed by atoms with E-state index < -0.39 is 0 Å². The highest BCUT2D eigenvalue weighted by molar-refractivity contribution is 6.33. The standard InChI is InChI=1S/C25H25ClN4O2/c1-15-9-11-21(20(26)13-15)28-25(31)12-10-18-16(2)27-24-14-22(29-30(24)17(18)3)19-7-5-6-8-23(19)32-4/h5-9,11,13-14H,10,12H2,1-4H3,(H,28,31). The van der Waals surface area contributed by atoms with Crippen LogP contribution in [0.1, 0.15) is 28.9 Å². The number of rotatable bonds is 6. The van der Waals surface area contributed by atoms with Gasteiger partial charge in [0.2, 0.25) is 5.91 Å². The SMILES string of the molecule is COc1ccccc1-c1cc2nc(C)c(CCC(=O)Nc3ccc(C)cc3Cl)c(C)n2n1. The fraction of sp³-hybridized carbons (Fsp3) is 0.240. The zero-order chi connectivity index (χ0) is 22.8. The predicted octanol–water partition coefficient (Wildman–Crippen LogP) is 5.55. The summed E-state index contributed by atoms with van der Waals surface area (Å²) < 4.78 is 7.31. The zero-order valence-electron chi connectivity index (χ0n) is 18.6. The van der Waals surface area contributed by atoms with E-state index in [0.717, 1.165) is 45.2 Å². The van der Waals surface area contributed by atoms with Gasteiger partial charge in [-0.15, -0.1) is 0 Å². The Morgan fingerprint density at radius 2 is 1.91 bits per heavy atom. The molecule has 0 atom stereocenters. The molecule has 0 saturated carbocycles. The molecule has 1 amide bonds. The van der Waals surface area contributed by atoms with Crippen LogP contribution in [-0.4, -0.2) is 27.6 Å². The van der Waals surface area contributed by atoms with Crippen molar-refractivity contribution in [1.82, 2.24) is 14.6 Å². The highest BCUT2D eigenvalue weighted by Gasteiger charge is 2.16. The molecule has 2 heterocycles. The lowest BCUT2D eigenvalue weighted by Gasteiger charge is -2.12. The van der Waals surface area contributed by atoms with Crippen molar-refractivity contribution in [1.29, 1.82) is 0 Å². The summed E-state index contributed by atoms with van der Waals surface area (Å²) in [5.41, 5.74) is 7.01. The minimum Gasteiger partial charge on any atom is -0.496 e. The smallest absolute Gasteiger partial charge is 0.224 e. The topological polar surface area (TPSA) is 68.5 Å². The zero-order valence-corrected chi connectivity index (χ0v) is 19.3. The van der Waals surface area contributed by atoms with Crippen LogP contribution in [0.5, 0.6) is 5.75 Å². The van der Waals surface area contributed by atoms with Gasteiger partial charge in [0.15, 0.2) is 5.65 Å². The molecule has 0 unspecified atom stereocenters. The molecule has 0 radical (unpaired) electrons. The molecule has 7 heteroatoms. The monoisotopic (exact) mass is 448 g/mol. The summed E-state index contributed by atoms with van der Waals surface area (Å²) in [7, 11) is 1.65. The van der Waals surface area contributed by atoms with Gasteiger partial charge in [-0.2, -0.15) is 5.10 Å². The maximum atomic E-state index is 12.5.